The summed E-state index contributed by atoms with van der Waals surface area (Å²) in [5.41, 5.74) is 1.30. The van der Waals surface area contributed by atoms with Crippen LogP contribution in [0.2, 0.25) is 0 Å². The number of aromatic nitrogens is 4. The molecule has 4 rings (SSSR count). The highest BCUT2D eigenvalue weighted by molar-refractivity contribution is 5.94. The molecule has 30 heavy (non-hydrogen) atoms. The average molecular weight is 417 g/mol. The molecule has 0 aliphatic carbocycles. The van der Waals surface area contributed by atoms with Crippen molar-refractivity contribution >= 4 is 11.6 Å². The minimum atomic E-state index is -4.56. The third kappa shape index (κ3) is 3.64. The highest BCUT2D eigenvalue weighted by Crippen LogP contribution is 2.35. The summed E-state index contributed by atoms with van der Waals surface area (Å²) in [6, 6.07) is 5.68. The zero-order valence-corrected chi connectivity index (χ0v) is 16.9. The predicted octanol–water partition coefficient (Wildman–Crippen LogP) is 4.55. The lowest BCUT2D eigenvalue weighted by Gasteiger charge is -2.23. The van der Waals surface area contributed by atoms with Crippen molar-refractivity contribution in [3.8, 4) is 0 Å². The molecule has 1 aliphatic rings. The second-order valence-electron chi connectivity index (χ2n) is 7.90. The van der Waals surface area contributed by atoms with Gasteiger partial charge in [0, 0.05) is 30.2 Å². The van der Waals surface area contributed by atoms with Crippen LogP contribution in [0.25, 0.3) is 5.65 Å². The molecular formula is C21H22F3N5O. The molecule has 1 saturated heterocycles. The molecule has 4 heterocycles. The number of alkyl halides is 3. The van der Waals surface area contributed by atoms with E-state index in [1.165, 1.54) is 6.20 Å². The zero-order valence-electron chi connectivity index (χ0n) is 16.9. The van der Waals surface area contributed by atoms with Crippen LogP contribution in [0.3, 0.4) is 0 Å². The number of aryl methyl sites for hydroxylation is 1. The van der Waals surface area contributed by atoms with Gasteiger partial charge in [-0.1, -0.05) is 13.8 Å². The molecule has 1 fully saturated rings. The fourth-order valence-corrected chi connectivity index (χ4v) is 3.75. The SMILES string of the molecule is Cc1ccc(C(=O)N2CCC[C@@H]2c2cc3nc(C(C)C)cc(C(F)(F)F)n3n2)cn1. The van der Waals surface area contributed by atoms with E-state index in [-0.39, 0.29) is 17.5 Å². The third-order valence-corrected chi connectivity index (χ3v) is 5.36. The van der Waals surface area contributed by atoms with Crippen molar-refractivity contribution < 1.29 is 18.0 Å². The molecule has 6 nitrogen and oxygen atoms in total. The van der Waals surface area contributed by atoms with Crippen LogP contribution in [0.15, 0.2) is 30.5 Å². The lowest BCUT2D eigenvalue weighted by atomic mass is 10.1. The summed E-state index contributed by atoms with van der Waals surface area (Å²) in [5, 5.41) is 4.23. The van der Waals surface area contributed by atoms with Gasteiger partial charge in [0.25, 0.3) is 5.91 Å². The molecular weight excluding hydrogens is 395 g/mol. The number of carbonyl (C=O) groups is 1. The number of amides is 1. The molecule has 1 amide bonds. The fraction of sp³-hybridized carbons (Fsp3) is 0.429. The third-order valence-electron chi connectivity index (χ3n) is 5.36. The van der Waals surface area contributed by atoms with Crippen LogP contribution in [-0.4, -0.2) is 36.9 Å². The number of hydrogen-bond donors (Lipinski definition) is 0. The number of likely N-dealkylation sites (tertiary alicyclic amines) is 1. The predicted molar refractivity (Wildman–Crippen MR) is 104 cm³/mol. The van der Waals surface area contributed by atoms with Crippen LogP contribution in [0.4, 0.5) is 13.2 Å². The average Bonchev–Trinajstić information content (AvgIpc) is 3.32. The number of rotatable bonds is 3. The Hall–Kier alpha value is -2.97. The molecule has 1 atom stereocenters. The van der Waals surface area contributed by atoms with Crippen LogP contribution in [0.5, 0.6) is 0 Å². The van der Waals surface area contributed by atoms with E-state index < -0.39 is 17.9 Å². The summed E-state index contributed by atoms with van der Waals surface area (Å²) in [6.07, 6.45) is -1.66. The molecule has 0 unspecified atom stereocenters. The highest BCUT2D eigenvalue weighted by atomic mass is 19.4. The van der Waals surface area contributed by atoms with Gasteiger partial charge in [0.1, 0.15) is 5.69 Å². The number of hydrogen-bond acceptors (Lipinski definition) is 4. The van der Waals surface area contributed by atoms with Gasteiger partial charge in [0.15, 0.2) is 5.65 Å². The van der Waals surface area contributed by atoms with E-state index in [0.29, 0.717) is 29.9 Å². The number of nitrogens with zero attached hydrogens (tertiary/aromatic N) is 5. The van der Waals surface area contributed by atoms with E-state index in [0.717, 1.165) is 22.7 Å². The molecule has 9 heteroatoms. The van der Waals surface area contributed by atoms with Crippen molar-refractivity contribution in [2.45, 2.75) is 51.7 Å². The Morgan fingerprint density at radius 2 is 2.00 bits per heavy atom. The van der Waals surface area contributed by atoms with Gasteiger partial charge in [-0.2, -0.15) is 18.3 Å². The first-order valence-corrected chi connectivity index (χ1v) is 9.86. The van der Waals surface area contributed by atoms with Crippen molar-refractivity contribution in [2.75, 3.05) is 6.54 Å². The number of carbonyl (C=O) groups excluding carboxylic acids is 1. The maximum Gasteiger partial charge on any atom is 0.433 e. The molecule has 0 saturated carbocycles. The van der Waals surface area contributed by atoms with E-state index >= 15 is 0 Å². The summed E-state index contributed by atoms with van der Waals surface area (Å²) in [6.45, 7) is 5.94. The van der Waals surface area contributed by atoms with Crippen LogP contribution in [-0.2, 0) is 6.18 Å². The van der Waals surface area contributed by atoms with Crippen molar-refractivity contribution in [2.24, 2.45) is 0 Å². The lowest BCUT2D eigenvalue weighted by Crippen LogP contribution is -2.31. The lowest BCUT2D eigenvalue weighted by molar-refractivity contribution is -0.142. The minimum Gasteiger partial charge on any atom is -0.330 e. The first kappa shape index (κ1) is 20.3. The Labute approximate surface area is 171 Å². The topological polar surface area (TPSA) is 63.4 Å². The summed E-state index contributed by atoms with van der Waals surface area (Å²) < 4.78 is 41.8. The van der Waals surface area contributed by atoms with E-state index in [9.17, 15) is 18.0 Å². The van der Waals surface area contributed by atoms with Gasteiger partial charge in [-0.3, -0.25) is 9.78 Å². The molecule has 3 aromatic heterocycles. The maximum atomic E-state index is 13.6. The van der Waals surface area contributed by atoms with E-state index in [1.54, 1.807) is 36.9 Å². The fourth-order valence-electron chi connectivity index (χ4n) is 3.75. The molecule has 0 bridgehead atoms. The molecule has 1 aliphatic heterocycles. The number of fused-ring (bicyclic) bond motifs is 1. The summed E-state index contributed by atoms with van der Waals surface area (Å²) in [4.78, 5) is 23.2. The van der Waals surface area contributed by atoms with E-state index in [2.05, 4.69) is 15.1 Å². The van der Waals surface area contributed by atoms with Gasteiger partial charge in [0.2, 0.25) is 0 Å². The largest absolute Gasteiger partial charge is 0.433 e. The van der Waals surface area contributed by atoms with Crippen molar-refractivity contribution in [3.05, 3.63) is 58.8 Å². The second-order valence-corrected chi connectivity index (χ2v) is 7.90. The Morgan fingerprint density at radius 1 is 1.23 bits per heavy atom. The Bertz CT molecular complexity index is 1090. The van der Waals surface area contributed by atoms with Gasteiger partial charge in [-0.25, -0.2) is 9.50 Å². The van der Waals surface area contributed by atoms with Crippen LogP contribution in [0.1, 0.15) is 71.8 Å². The molecule has 0 aromatic carbocycles. The first-order chi connectivity index (χ1) is 14.1. The highest BCUT2D eigenvalue weighted by Gasteiger charge is 2.37. The minimum absolute atomic E-state index is 0.139. The summed E-state index contributed by atoms with van der Waals surface area (Å²) in [5.74, 6) is -0.359. The normalized spacial score (nSPS) is 17.3. The number of pyridine rings is 1. The van der Waals surface area contributed by atoms with E-state index in [1.807, 2.05) is 6.92 Å². The van der Waals surface area contributed by atoms with Crippen LogP contribution < -0.4 is 0 Å². The summed E-state index contributed by atoms with van der Waals surface area (Å²) in [7, 11) is 0. The van der Waals surface area contributed by atoms with Gasteiger partial charge in [-0.15, -0.1) is 0 Å². The molecule has 0 spiro atoms. The zero-order chi connectivity index (χ0) is 21.6. The van der Waals surface area contributed by atoms with Gasteiger partial charge in [-0.05, 0) is 43.9 Å². The monoisotopic (exact) mass is 417 g/mol. The Kier molecular flexibility index (Phi) is 4.99. The first-order valence-electron chi connectivity index (χ1n) is 9.86. The standard InChI is InChI=1S/C21H22F3N5O/c1-12(2)15-9-18(21(22,23)24)29-19(26-15)10-16(27-29)17-5-4-8-28(17)20(30)14-7-6-13(3)25-11-14/h6-7,9-12,17H,4-5,8H2,1-3H3/t17-/m1/s1. The Balaban J connectivity index is 1.75. The van der Waals surface area contributed by atoms with Crippen LogP contribution >= 0.6 is 0 Å². The molecule has 158 valence electrons. The molecule has 0 N–H and O–H groups in total. The van der Waals surface area contributed by atoms with Crippen molar-refractivity contribution in [1.29, 1.82) is 0 Å². The van der Waals surface area contributed by atoms with Gasteiger partial charge >= 0.3 is 6.18 Å². The molecule has 3 aromatic rings. The smallest absolute Gasteiger partial charge is 0.330 e. The molecule has 0 radical (unpaired) electrons. The second kappa shape index (κ2) is 7.37. The van der Waals surface area contributed by atoms with Crippen molar-refractivity contribution in [3.63, 3.8) is 0 Å². The van der Waals surface area contributed by atoms with Crippen LogP contribution in [0, 0.1) is 6.92 Å². The van der Waals surface area contributed by atoms with Crippen molar-refractivity contribution in [1.82, 2.24) is 24.5 Å². The van der Waals surface area contributed by atoms with Gasteiger partial charge < -0.3 is 4.90 Å². The van der Waals surface area contributed by atoms with Gasteiger partial charge in [0.05, 0.1) is 17.3 Å². The summed E-state index contributed by atoms with van der Waals surface area (Å²) >= 11 is 0. The Morgan fingerprint density at radius 3 is 2.63 bits per heavy atom. The number of halogens is 3. The maximum absolute atomic E-state index is 13.6. The van der Waals surface area contributed by atoms with E-state index in [4.69, 9.17) is 0 Å². The quantitative estimate of drug-likeness (QED) is 0.627.